The summed E-state index contributed by atoms with van der Waals surface area (Å²) in [4.78, 5) is -0.216. The fraction of sp³-hybridized carbons (Fsp3) is 1.00. The van der Waals surface area contributed by atoms with Crippen LogP contribution in [0.4, 0.5) is 0 Å². The quantitative estimate of drug-likeness (QED) is 0.542. The van der Waals surface area contributed by atoms with Crippen molar-refractivity contribution in [3.05, 3.63) is 0 Å². The van der Waals surface area contributed by atoms with E-state index in [2.05, 4.69) is 13.8 Å². The first-order valence-corrected chi connectivity index (χ1v) is 4.10. The Bertz CT molecular complexity index is 124. The predicted molar refractivity (Wildman–Crippen MR) is 43.3 cm³/mol. The molecule has 0 aromatic heterocycles. The molecule has 0 spiro atoms. The van der Waals surface area contributed by atoms with Crippen molar-refractivity contribution in [2.24, 2.45) is 5.41 Å². The van der Waals surface area contributed by atoms with Crippen LogP contribution in [0.5, 0.6) is 0 Å². The van der Waals surface area contributed by atoms with E-state index in [1.807, 2.05) is 6.92 Å². The zero-order valence-corrected chi connectivity index (χ0v) is 7.57. The van der Waals surface area contributed by atoms with Crippen molar-refractivity contribution >= 4 is 11.6 Å². The summed E-state index contributed by atoms with van der Waals surface area (Å²) in [7, 11) is 0. The largest absolute Gasteiger partial charge is 0.393 e. The number of aliphatic hydroxyl groups is 1. The molecule has 1 saturated carbocycles. The molecule has 0 aromatic carbocycles. The van der Waals surface area contributed by atoms with Crippen LogP contribution in [0.1, 0.15) is 33.6 Å². The fourth-order valence-electron chi connectivity index (χ4n) is 1.59. The van der Waals surface area contributed by atoms with Gasteiger partial charge in [0.2, 0.25) is 0 Å². The molecule has 1 rings (SSSR count). The molecule has 1 nitrogen and oxygen atoms in total. The topological polar surface area (TPSA) is 20.2 Å². The standard InChI is InChI=1S/C8H15ClO/c1-7(2)4-6(10)5-8(7,3)9/h6,10H,4-5H2,1-3H3. The second-order valence-corrected chi connectivity index (χ2v) is 4.98. The van der Waals surface area contributed by atoms with Crippen LogP contribution in [0.25, 0.3) is 0 Å². The smallest absolute Gasteiger partial charge is 0.0562 e. The molecule has 0 radical (unpaired) electrons. The number of hydrogen-bond acceptors (Lipinski definition) is 1. The van der Waals surface area contributed by atoms with E-state index < -0.39 is 0 Å². The minimum atomic E-state index is -0.216. The van der Waals surface area contributed by atoms with Crippen LogP contribution in [0.15, 0.2) is 0 Å². The van der Waals surface area contributed by atoms with Crippen molar-refractivity contribution in [3.63, 3.8) is 0 Å². The Balaban J connectivity index is 2.78. The molecular weight excluding hydrogens is 148 g/mol. The normalized spacial score (nSPS) is 45.9. The molecule has 10 heavy (non-hydrogen) atoms. The van der Waals surface area contributed by atoms with Gasteiger partial charge in [-0.05, 0) is 25.2 Å². The SMILES string of the molecule is CC1(C)CC(O)CC1(C)Cl. The molecule has 0 heterocycles. The first-order chi connectivity index (χ1) is 4.35. The summed E-state index contributed by atoms with van der Waals surface area (Å²) in [6.07, 6.45) is 1.35. The van der Waals surface area contributed by atoms with E-state index in [0.717, 1.165) is 12.8 Å². The van der Waals surface area contributed by atoms with Gasteiger partial charge < -0.3 is 5.11 Å². The van der Waals surface area contributed by atoms with Crippen molar-refractivity contribution < 1.29 is 5.11 Å². The molecule has 1 fully saturated rings. The lowest BCUT2D eigenvalue weighted by molar-refractivity contribution is 0.168. The van der Waals surface area contributed by atoms with Gasteiger partial charge in [0.05, 0.1) is 6.10 Å². The van der Waals surface area contributed by atoms with E-state index in [9.17, 15) is 5.11 Å². The zero-order valence-electron chi connectivity index (χ0n) is 6.82. The number of alkyl halides is 1. The number of aliphatic hydroxyl groups excluding tert-OH is 1. The van der Waals surface area contributed by atoms with Crippen LogP contribution >= 0.6 is 11.6 Å². The maximum Gasteiger partial charge on any atom is 0.0562 e. The third-order valence-corrected chi connectivity index (χ3v) is 3.44. The Morgan fingerprint density at radius 3 is 1.90 bits per heavy atom. The van der Waals surface area contributed by atoms with Gasteiger partial charge in [-0.3, -0.25) is 0 Å². The van der Waals surface area contributed by atoms with E-state index >= 15 is 0 Å². The molecule has 0 aromatic rings. The fourth-order valence-corrected chi connectivity index (χ4v) is 1.85. The van der Waals surface area contributed by atoms with Crippen LogP contribution in [0, 0.1) is 5.41 Å². The predicted octanol–water partition coefficient (Wildman–Crippen LogP) is 2.16. The third kappa shape index (κ3) is 1.17. The van der Waals surface area contributed by atoms with Gasteiger partial charge in [0.15, 0.2) is 0 Å². The zero-order chi connectivity index (χ0) is 7.99. The van der Waals surface area contributed by atoms with Crippen LogP contribution < -0.4 is 0 Å². The van der Waals surface area contributed by atoms with Gasteiger partial charge in [0.25, 0.3) is 0 Å². The lowest BCUT2D eigenvalue weighted by Gasteiger charge is -2.31. The Kier molecular flexibility index (Phi) is 1.77. The molecule has 2 atom stereocenters. The first kappa shape index (κ1) is 8.35. The van der Waals surface area contributed by atoms with Gasteiger partial charge in [-0.15, -0.1) is 11.6 Å². The summed E-state index contributed by atoms with van der Waals surface area (Å²) in [6, 6.07) is 0. The highest BCUT2D eigenvalue weighted by atomic mass is 35.5. The number of rotatable bonds is 0. The summed E-state index contributed by atoms with van der Waals surface area (Å²) >= 11 is 6.19. The maximum atomic E-state index is 9.32. The van der Waals surface area contributed by atoms with Crippen molar-refractivity contribution in [2.45, 2.75) is 44.6 Å². The van der Waals surface area contributed by atoms with Gasteiger partial charge in [-0.25, -0.2) is 0 Å². The molecule has 1 aliphatic rings. The second-order valence-electron chi connectivity index (χ2n) is 4.14. The molecule has 0 saturated heterocycles. The molecular formula is C8H15ClO. The summed E-state index contributed by atoms with van der Waals surface area (Å²) in [6.45, 7) is 6.22. The summed E-state index contributed by atoms with van der Waals surface area (Å²) in [5.41, 5.74) is 0.0774. The van der Waals surface area contributed by atoms with E-state index in [-0.39, 0.29) is 16.4 Å². The van der Waals surface area contributed by atoms with Crippen molar-refractivity contribution in [3.8, 4) is 0 Å². The lowest BCUT2D eigenvalue weighted by atomic mass is 9.82. The Morgan fingerprint density at radius 1 is 1.30 bits per heavy atom. The van der Waals surface area contributed by atoms with Crippen molar-refractivity contribution in [1.29, 1.82) is 0 Å². The lowest BCUT2D eigenvalue weighted by Crippen LogP contribution is -2.30. The maximum absolute atomic E-state index is 9.32. The number of hydrogen-bond donors (Lipinski definition) is 1. The van der Waals surface area contributed by atoms with Crippen molar-refractivity contribution in [2.75, 3.05) is 0 Å². The summed E-state index contributed by atoms with van der Waals surface area (Å²) in [5.74, 6) is 0. The van der Waals surface area contributed by atoms with Gasteiger partial charge >= 0.3 is 0 Å². The third-order valence-electron chi connectivity index (χ3n) is 2.78. The minimum absolute atomic E-state index is 0.0774. The van der Waals surface area contributed by atoms with E-state index in [0.29, 0.717) is 0 Å². The monoisotopic (exact) mass is 162 g/mol. The van der Waals surface area contributed by atoms with Crippen molar-refractivity contribution in [1.82, 2.24) is 0 Å². The number of halogens is 1. The van der Waals surface area contributed by atoms with Crippen LogP contribution in [-0.4, -0.2) is 16.1 Å². The summed E-state index contributed by atoms with van der Waals surface area (Å²) in [5, 5.41) is 9.32. The molecule has 0 bridgehead atoms. The van der Waals surface area contributed by atoms with Crippen LogP contribution in [0.2, 0.25) is 0 Å². The average Bonchev–Trinajstić information content (AvgIpc) is 1.73. The molecule has 60 valence electrons. The van der Waals surface area contributed by atoms with E-state index in [1.54, 1.807) is 0 Å². The Labute approximate surface area is 67.4 Å². The minimum Gasteiger partial charge on any atom is -0.393 e. The van der Waals surface area contributed by atoms with E-state index in [1.165, 1.54) is 0 Å². The molecule has 0 amide bonds. The second kappa shape index (κ2) is 2.12. The molecule has 2 unspecified atom stereocenters. The van der Waals surface area contributed by atoms with Gasteiger partial charge in [0.1, 0.15) is 0 Å². The van der Waals surface area contributed by atoms with Crippen LogP contribution in [-0.2, 0) is 0 Å². The first-order valence-electron chi connectivity index (χ1n) is 3.72. The van der Waals surface area contributed by atoms with Gasteiger partial charge in [0, 0.05) is 4.87 Å². The Hall–Kier alpha value is 0.250. The highest BCUT2D eigenvalue weighted by Crippen LogP contribution is 2.49. The highest BCUT2D eigenvalue weighted by Gasteiger charge is 2.47. The molecule has 1 N–H and O–H groups in total. The highest BCUT2D eigenvalue weighted by molar-refractivity contribution is 6.24. The molecule has 0 aliphatic heterocycles. The molecule has 2 heteroatoms. The average molecular weight is 163 g/mol. The van der Waals surface area contributed by atoms with Gasteiger partial charge in [-0.2, -0.15) is 0 Å². The van der Waals surface area contributed by atoms with Gasteiger partial charge in [-0.1, -0.05) is 13.8 Å². The van der Waals surface area contributed by atoms with Crippen LogP contribution in [0.3, 0.4) is 0 Å². The Morgan fingerprint density at radius 2 is 1.80 bits per heavy atom. The molecule has 1 aliphatic carbocycles. The summed E-state index contributed by atoms with van der Waals surface area (Å²) < 4.78 is 0. The van der Waals surface area contributed by atoms with E-state index in [4.69, 9.17) is 11.6 Å².